The Hall–Kier alpha value is -2.21. The van der Waals surface area contributed by atoms with E-state index in [2.05, 4.69) is 37.0 Å². The van der Waals surface area contributed by atoms with Gasteiger partial charge in [0.15, 0.2) is 5.11 Å². The quantitative estimate of drug-likeness (QED) is 0.448. The van der Waals surface area contributed by atoms with Crippen LogP contribution in [0.2, 0.25) is 0 Å². The Bertz CT molecular complexity index is 1220. The molecule has 2 atom stereocenters. The van der Waals surface area contributed by atoms with Gasteiger partial charge in [-0.25, -0.2) is 8.42 Å². The van der Waals surface area contributed by atoms with Crippen LogP contribution in [0.3, 0.4) is 0 Å². The molecule has 11 heteroatoms. The minimum atomic E-state index is -3.44. The third-order valence-corrected chi connectivity index (χ3v) is 7.41. The first kappa shape index (κ1) is 22.0. The number of hydrogen-bond donors (Lipinski definition) is 2. The molecule has 0 bridgehead atoms. The molecule has 31 heavy (non-hydrogen) atoms. The van der Waals surface area contributed by atoms with Gasteiger partial charge >= 0.3 is 0 Å². The molecule has 0 radical (unpaired) electrons. The molecule has 1 aromatic carbocycles. The topological polar surface area (TPSA) is 83.6 Å². The normalized spacial score (nSPS) is 18.7. The fraction of sp³-hybridized carbons (Fsp3) is 0.200. The summed E-state index contributed by atoms with van der Waals surface area (Å²) >= 11 is 10.9. The smallest absolute Gasteiger partial charge is 0.229 e. The molecule has 3 aromatic rings. The summed E-state index contributed by atoms with van der Waals surface area (Å²) in [4.78, 5) is 7.65. The third kappa shape index (κ3) is 4.69. The van der Waals surface area contributed by atoms with Gasteiger partial charge in [-0.3, -0.25) is 9.71 Å². The highest BCUT2D eigenvalue weighted by Crippen LogP contribution is 2.45. The Balaban J connectivity index is 1.79. The van der Waals surface area contributed by atoms with Crippen molar-refractivity contribution in [1.29, 1.82) is 0 Å². The number of anilines is 2. The highest BCUT2D eigenvalue weighted by Gasteiger charge is 2.41. The summed E-state index contributed by atoms with van der Waals surface area (Å²) in [6.45, 7) is 0. The maximum atomic E-state index is 11.7. The monoisotopic (exact) mass is 538 g/mol. The van der Waals surface area contributed by atoms with Gasteiger partial charge in [-0.1, -0.05) is 6.07 Å². The first-order chi connectivity index (χ1) is 14.8. The van der Waals surface area contributed by atoms with E-state index in [1.54, 1.807) is 29.7 Å². The number of rotatable bonds is 6. The maximum Gasteiger partial charge on any atom is 0.229 e. The van der Waals surface area contributed by atoms with E-state index < -0.39 is 10.0 Å². The summed E-state index contributed by atoms with van der Waals surface area (Å²) in [7, 11) is -1.94. The molecule has 0 amide bonds. The van der Waals surface area contributed by atoms with Crippen LogP contribution < -0.4 is 19.7 Å². The van der Waals surface area contributed by atoms with Gasteiger partial charge in [-0.2, -0.15) is 0 Å². The second kappa shape index (κ2) is 8.73. The van der Waals surface area contributed by atoms with Crippen LogP contribution in [0.5, 0.6) is 5.75 Å². The van der Waals surface area contributed by atoms with E-state index in [9.17, 15) is 8.42 Å². The molecule has 0 spiro atoms. The van der Waals surface area contributed by atoms with Crippen molar-refractivity contribution >= 4 is 66.0 Å². The lowest BCUT2D eigenvalue weighted by Gasteiger charge is -2.27. The maximum absolute atomic E-state index is 11.7. The van der Waals surface area contributed by atoms with Gasteiger partial charge in [0.25, 0.3) is 0 Å². The summed E-state index contributed by atoms with van der Waals surface area (Å²) < 4.78 is 32.3. The number of benzene rings is 1. The number of halogens is 1. The molecule has 2 aromatic heterocycles. The molecule has 1 aliphatic rings. The number of pyridine rings is 1. The molecular formula is C20H19BrN4O3S3. The van der Waals surface area contributed by atoms with E-state index in [0.717, 1.165) is 27.0 Å². The molecule has 7 nitrogen and oxygen atoms in total. The van der Waals surface area contributed by atoms with Crippen LogP contribution in [-0.2, 0) is 10.0 Å². The van der Waals surface area contributed by atoms with Crippen LogP contribution in [0, 0.1) is 0 Å². The van der Waals surface area contributed by atoms with Crippen LogP contribution in [-0.4, -0.2) is 31.9 Å². The first-order valence-electron chi connectivity index (χ1n) is 9.17. The van der Waals surface area contributed by atoms with Gasteiger partial charge in [0.1, 0.15) is 5.75 Å². The summed E-state index contributed by atoms with van der Waals surface area (Å²) in [6, 6.07) is 12.8. The molecular weight excluding hydrogens is 520 g/mol. The lowest BCUT2D eigenvalue weighted by atomic mass is 10.0. The number of nitrogens with zero attached hydrogens (tertiary/aromatic N) is 2. The van der Waals surface area contributed by atoms with Crippen molar-refractivity contribution in [1.82, 2.24) is 10.3 Å². The number of thiocarbonyl (C=S) groups is 1. The predicted octanol–water partition coefficient (Wildman–Crippen LogP) is 4.46. The molecule has 0 saturated carbocycles. The number of hydrogen-bond acceptors (Lipinski definition) is 6. The Labute approximate surface area is 198 Å². The standard InChI is InChI=1S/C20H19BrN4O3S3/c1-28-16-10-13(6-7-14(16)24-31(2,26)27)25-19(17-9-12(21)11-30-17)18(23-20(25)29)15-5-3-4-8-22-15/h3-11,18-19,24H,1-2H3,(H,23,29)/t18-,19+/m0/s1. The zero-order valence-electron chi connectivity index (χ0n) is 16.6. The number of nitrogens with one attached hydrogen (secondary N) is 2. The molecule has 0 unspecified atom stereocenters. The molecule has 3 heterocycles. The van der Waals surface area contributed by atoms with E-state index >= 15 is 0 Å². The largest absolute Gasteiger partial charge is 0.494 e. The van der Waals surface area contributed by atoms with Crippen molar-refractivity contribution in [3.8, 4) is 5.75 Å². The van der Waals surface area contributed by atoms with Gasteiger partial charge in [-0.05, 0) is 58.5 Å². The third-order valence-electron chi connectivity index (χ3n) is 4.74. The Kier molecular flexibility index (Phi) is 6.20. The molecule has 2 N–H and O–H groups in total. The number of aromatic nitrogens is 1. The fourth-order valence-electron chi connectivity index (χ4n) is 3.52. The second-order valence-electron chi connectivity index (χ2n) is 6.92. The van der Waals surface area contributed by atoms with Crippen LogP contribution >= 0.6 is 39.5 Å². The van der Waals surface area contributed by atoms with Gasteiger partial charge in [0.2, 0.25) is 10.0 Å². The second-order valence-corrected chi connectivity index (χ2v) is 10.9. The summed E-state index contributed by atoms with van der Waals surface area (Å²) in [5.41, 5.74) is 2.02. The molecule has 1 fully saturated rings. The Morgan fingerprint density at radius 2 is 2.10 bits per heavy atom. The van der Waals surface area contributed by atoms with E-state index in [1.807, 2.05) is 34.5 Å². The fourth-order valence-corrected chi connectivity index (χ4v) is 6.00. The van der Waals surface area contributed by atoms with Crippen molar-refractivity contribution in [2.75, 3.05) is 23.0 Å². The van der Waals surface area contributed by atoms with Crippen molar-refractivity contribution in [3.63, 3.8) is 0 Å². The van der Waals surface area contributed by atoms with Gasteiger partial charge in [0.05, 0.1) is 36.8 Å². The molecule has 4 rings (SSSR count). The van der Waals surface area contributed by atoms with Crippen LogP contribution in [0.4, 0.5) is 11.4 Å². The molecule has 1 aliphatic heterocycles. The number of sulfonamides is 1. The average molecular weight is 540 g/mol. The molecule has 162 valence electrons. The van der Waals surface area contributed by atoms with Crippen molar-refractivity contribution in [2.45, 2.75) is 12.1 Å². The van der Waals surface area contributed by atoms with Crippen molar-refractivity contribution in [2.24, 2.45) is 0 Å². The number of methoxy groups -OCH3 is 1. The predicted molar refractivity (Wildman–Crippen MR) is 131 cm³/mol. The Morgan fingerprint density at radius 1 is 1.29 bits per heavy atom. The molecule has 0 aliphatic carbocycles. The SMILES string of the molecule is COc1cc(N2C(=S)N[C@@H](c3ccccn3)[C@H]2c2cc(Br)cs2)ccc1NS(C)(=O)=O. The zero-order chi connectivity index (χ0) is 22.2. The number of thiophene rings is 1. The van der Waals surface area contributed by atoms with E-state index in [1.165, 1.54) is 7.11 Å². The van der Waals surface area contributed by atoms with Gasteiger partial charge < -0.3 is 15.0 Å². The highest BCUT2D eigenvalue weighted by atomic mass is 79.9. The lowest BCUT2D eigenvalue weighted by Crippen LogP contribution is -2.29. The van der Waals surface area contributed by atoms with E-state index in [4.69, 9.17) is 17.0 Å². The summed E-state index contributed by atoms with van der Waals surface area (Å²) in [5, 5.41) is 5.98. The minimum absolute atomic E-state index is 0.142. The highest BCUT2D eigenvalue weighted by molar-refractivity contribution is 9.10. The Morgan fingerprint density at radius 3 is 2.71 bits per heavy atom. The lowest BCUT2D eigenvalue weighted by molar-refractivity contribution is 0.417. The summed E-state index contributed by atoms with van der Waals surface area (Å²) in [6.07, 6.45) is 2.86. The number of ether oxygens (including phenoxy) is 1. The van der Waals surface area contributed by atoms with Crippen molar-refractivity contribution < 1.29 is 13.2 Å². The minimum Gasteiger partial charge on any atom is -0.494 e. The first-order valence-corrected chi connectivity index (χ1v) is 13.1. The summed E-state index contributed by atoms with van der Waals surface area (Å²) in [5.74, 6) is 0.401. The van der Waals surface area contributed by atoms with Crippen molar-refractivity contribution in [3.05, 3.63) is 69.1 Å². The average Bonchev–Trinajstić information content (AvgIpc) is 3.30. The van der Waals surface area contributed by atoms with Gasteiger partial charge in [-0.15, -0.1) is 11.3 Å². The van der Waals surface area contributed by atoms with Crippen LogP contribution in [0.25, 0.3) is 0 Å². The van der Waals surface area contributed by atoms with E-state index in [-0.39, 0.29) is 12.1 Å². The zero-order valence-corrected chi connectivity index (χ0v) is 20.6. The molecule has 1 saturated heterocycles. The van der Waals surface area contributed by atoms with E-state index in [0.29, 0.717) is 16.5 Å². The van der Waals surface area contributed by atoms with Crippen LogP contribution in [0.1, 0.15) is 22.7 Å². The van der Waals surface area contributed by atoms with Gasteiger partial charge in [0, 0.05) is 32.7 Å². The van der Waals surface area contributed by atoms with Crippen LogP contribution in [0.15, 0.2) is 58.5 Å².